The van der Waals surface area contributed by atoms with E-state index >= 15 is 0 Å². The molecule has 0 aliphatic rings. The van der Waals surface area contributed by atoms with Crippen LogP contribution in [-0.4, -0.2) is 9.88 Å². The van der Waals surface area contributed by atoms with Crippen molar-refractivity contribution in [1.29, 1.82) is 0 Å². The Morgan fingerprint density at radius 2 is 1.73 bits per heavy atom. The van der Waals surface area contributed by atoms with E-state index in [4.69, 9.17) is 0 Å². The molecule has 0 N–H and O–H groups in total. The molecule has 0 atom stereocenters. The number of pyridine rings is 1. The van der Waals surface area contributed by atoms with Crippen molar-refractivity contribution in [2.75, 3.05) is 0 Å². The van der Waals surface area contributed by atoms with Crippen molar-refractivity contribution in [3.8, 4) is 0 Å². The minimum atomic E-state index is 0.916. The zero-order valence-corrected chi connectivity index (χ0v) is 13.6. The summed E-state index contributed by atoms with van der Waals surface area (Å²) in [7, 11) is 0. The van der Waals surface area contributed by atoms with Gasteiger partial charge in [0.15, 0.2) is 0 Å². The first kappa shape index (κ1) is 14.9. The Labute approximate surface area is 136 Å². The molecule has 2 heterocycles. The van der Waals surface area contributed by atoms with Gasteiger partial charge in [0.05, 0.1) is 0 Å². The van der Waals surface area contributed by atoms with E-state index in [1.165, 1.54) is 21.6 Å². The van der Waals surface area contributed by atoms with Crippen LogP contribution in [0.1, 0.15) is 21.6 Å². The van der Waals surface area contributed by atoms with Crippen molar-refractivity contribution in [2.24, 2.45) is 0 Å². The summed E-state index contributed by atoms with van der Waals surface area (Å²) in [6.07, 6.45) is 3.78. The van der Waals surface area contributed by atoms with E-state index in [0.717, 1.165) is 19.6 Å². The highest BCUT2D eigenvalue weighted by Crippen LogP contribution is 2.17. The maximum atomic E-state index is 4.23. The summed E-state index contributed by atoms with van der Waals surface area (Å²) in [6, 6.07) is 17.3. The van der Waals surface area contributed by atoms with E-state index in [1.807, 2.05) is 29.8 Å². The number of thiophene rings is 1. The van der Waals surface area contributed by atoms with E-state index in [9.17, 15) is 0 Å². The van der Waals surface area contributed by atoms with Gasteiger partial charge in [-0.1, -0.05) is 42.0 Å². The summed E-state index contributed by atoms with van der Waals surface area (Å²) in [5, 5.41) is 2.14. The molecule has 0 bridgehead atoms. The van der Waals surface area contributed by atoms with Gasteiger partial charge in [-0.25, -0.2) is 0 Å². The van der Waals surface area contributed by atoms with Gasteiger partial charge in [0.1, 0.15) is 0 Å². The van der Waals surface area contributed by atoms with Crippen molar-refractivity contribution in [3.05, 3.63) is 87.9 Å². The Balaban J connectivity index is 1.74. The van der Waals surface area contributed by atoms with Crippen LogP contribution in [0.3, 0.4) is 0 Å². The van der Waals surface area contributed by atoms with E-state index in [2.05, 4.69) is 64.7 Å². The zero-order chi connectivity index (χ0) is 15.2. The smallest absolute Gasteiger partial charge is 0.0335 e. The van der Waals surface area contributed by atoms with Crippen molar-refractivity contribution in [2.45, 2.75) is 26.6 Å². The highest BCUT2D eigenvalue weighted by molar-refractivity contribution is 7.09. The highest BCUT2D eigenvalue weighted by Gasteiger charge is 2.09. The second-order valence-corrected chi connectivity index (χ2v) is 6.60. The van der Waals surface area contributed by atoms with Crippen LogP contribution in [0, 0.1) is 6.92 Å². The molecule has 2 nitrogen and oxygen atoms in total. The van der Waals surface area contributed by atoms with E-state index in [0.29, 0.717) is 0 Å². The first-order chi connectivity index (χ1) is 10.8. The summed E-state index contributed by atoms with van der Waals surface area (Å²) in [5.74, 6) is 0. The van der Waals surface area contributed by atoms with Crippen LogP contribution in [0.4, 0.5) is 0 Å². The second-order valence-electron chi connectivity index (χ2n) is 5.57. The van der Waals surface area contributed by atoms with Crippen molar-refractivity contribution < 1.29 is 0 Å². The molecule has 0 spiro atoms. The predicted octanol–water partition coefficient (Wildman–Crippen LogP) is 4.65. The fourth-order valence-corrected chi connectivity index (χ4v) is 3.24. The Hall–Kier alpha value is -1.97. The SMILES string of the molecule is Cc1ccc(CN(Cc2cccnc2)Cc2cccs2)cc1. The van der Waals surface area contributed by atoms with Gasteiger partial charge in [0.2, 0.25) is 0 Å². The lowest BCUT2D eigenvalue weighted by molar-refractivity contribution is 0.249. The summed E-state index contributed by atoms with van der Waals surface area (Å²) in [5.41, 5.74) is 3.91. The molecule has 0 unspecified atom stereocenters. The lowest BCUT2D eigenvalue weighted by Crippen LogP contribution is -2.22. The standard InChI is InChI=1S/C19H20N2S/c1-16-6-8-17(9-7-16)13-21(15-19-5-3-11-22-19)14-18-4-2-10-20-12-18/h2-12H,13-15H2,1H3. The minimum absolute atomic E-state index is 0.916. The second kappa shape index (κ2) is 7.34. The fourth-order valence-electron chi connectivity index (χ4n) is 2.49. The quantitative estimate of drug-likeness (QED) is 0.659. The molecule has 3 heteroatoms. The van der Waals surface area contributed by atoms with Crippen LogP contribution in [-0.2, 0) is 19.6 Å². The van der Waals surface area contributed by atoms with Gasteiger partial charge in [-0.05, 0) is 35.6 Å². The molecule has 0 fully saturated rings. The number of benzene rings is 1. The summed E-state index contributed by atoms with van der Waals surface area (Å²) in [4.78, 5) is 8.09. The number of hydrogen-bond donors (Lipinski definition) is 0. The highest BCUT2D eigenvalue weighted by atomic mass is 32.1. The first-order valence-electron chi connectivity index (χ1n) is 7.49. The third-order valence-corrected chi connectivity index (χ3v) is 4.48. The zero-order valence-electron chi connectivity index (χ0n) is 12.8. The predicted molar refractivity (Wildman–Crippen MR) is 92.7 cm³/mol. The van der Waals surface area contributed by atoms with Crippen molar-refractivity contribution >= 4 is 11.3 Å². The average molecular weight is 308 g/mol. The molecule has 2 aromatic heterocycles. The van der Waals surface area contributed by atoms with Gasteiger partial charge >= 0.3 is 0 Å². The summed E-state index contributed by atoms with van der Waals surface area (Å²) < 4.78 is 0. The molecule has 0 saturated heterocycles. The third-order valence-electron chi connectivity index (χ3n) is 3.62. The molecule has 1 aromatic carbocycles. The van der Waals surface area contributed by atoms with Gasteiger partial charge in [-0.3, -0.25) is 9.88 Å². The Bertz CT molecular complexity index is 675. The van der Waals surface area contributed by atoms with Crippen molar-refractivity contribution in [1.82, 2.24) is 9.88 Å². The molecule has 0 aliphatic carbocycles. The largest absolute Gasteiger partial charge is 0.290 e. The molecule has 0 saturated carbocycles. The normalized spacial score (nSPS) is 11.0. The van der Waals surface area contributed by atoms with E-state index in [1.54, 1.807) is 0 Å². The van der Waals surface area contributed by atoms with Crippen LogP contribution in [0.25, 0.3) is 0 Å². The molecule has 3 aromatic rings. The van der Waals surface area contributed by atoms with Gasteiger partial charge in [0, 0.05) is 36.9 Å². The third kappa shape index (κ3) is 4.26. The summed E-state index contributed by atoms with van der Waals surface area (Å²) in [6.45, 7) is 4.97. The van der Waals surface area contributed by atoms with Gasteiger partial charge in [0.25, 0.3) is 0 Å². The number of aryl methyl sites for hydroxylation is 1. The van der Waals surface area contributed by atoms with Gasteiger partial charge in [-0.15, -0.1) is 11.3 Å². The van der Waals surface area contributed by atoms with E-state index < -0.39 is 0 Å². The lowest BCUT2D eigenvalue weighted by atomic mass is 10.1. The number of rotatable bonds is 6. The number of nitrogens with zero attached hydrogens (tertiary/aromatic N) is 2. The topological polar surface area (TPSA) is 16.1 Å². The molecule has 0 amide bonds. The van der Waals surface area contributed by atoms with Crippen LogP contribution >= 0.6 is 11.3 Å². The van der Waals surface area contributed by atoms with Crippen LogP contribution in [0.15, 0.2) is 66.3 Å². The number of aromatic nitrogens is 1. The fraction of sp³-hybridized carbons (Fsp3) is 0.211. The maximum Gasteiger partial charge on any atom is 0.0335 e. The lowest BCUT2D eigenvalue weighted by Gasteiger charge is -2.22. The number of hydrogen-bond acceptors (Lipinski definition) is 3. The monoisotopic (exact) mass is 308 g/mol. The first-order valence-corrected chi connectivity index (χ1v) is 8.37. The Morgan fingerprint density at radius 1 is 0.909 bits per heavy atom. The molecule has 3 rings (SSSR count). The summed E-state index contributed by atoms with van der Waals surface area (Å²) >= 11 is 1.82. The minimum Gasteiger partial charge on any atom is -0.290 e. The Kier molecular flexibility index (Phi) is 4.99. The van der Waals surface area contributed by atoms with Gasteiger partial charge < -0.3 is 0 Å². The molecule has 0 radical (unpaired) electrons. The average Bonchev–Trinajstić information content (AvgIpc) is 3.03. The van der Waals surface area contributed by atoms with Crippen molar-refractivity contribution in [3.63, 3.8) is 0 Å². The van der Waals surface area contributed by atoms with Crippen LogP contribution < -0.4 is 0 Å². The molecular weight excluding hydrogens is 288 g/mol. The van der Waals surface area contributed by atoms with Gasteiger partial charge in [-0.2, -0.15) is 0 Å². The molecule has 0 aliphatic heterocycles. The molecule has 112 valence electrons. The molecular formula is C19H20N2S. The van der Waals surface area contributed by atoms with E-state index in [-0.39, 0.29) is 0 Å². The van der Waals surface area contributed by atoms with Crippen LogP contribution in [0.5, 0.6) is 0 Å². The maximum absolute atomic E-state index is 4.23. The molecule has 22 heavy (non-hydrogen) atoms. The van der Waals surface area contributed by atoms with Crippen LogP contribution in [0.2, 0.25) is 0 Å². The Morgan fingerprint density at radius 3 is 2.41 bits per heavy atom.